The predicted octanol–water partition coefficient (Wildman–Crippen LogP) is 2.22. The van der Waals surface area contributed by atoms with Crippen LogP contribution < -0.4 is 10.1 Å². The van der Waals surface area contributed by atoms with Gasteiger partial charge in [0, 0.05) is 45.9 Å². The monoisotopic (exact) mass is 474 g/mol. The molecule has 2 aromatic carbocycles. The maximum Gasteiger partial charge on any atom is 0.224 e. The third-order valence-electron chi connectivity index (χ3n) is 3.74. The topological polar surface area (TPSA) is 102 Å². The zero-order valence-electron chi connectivity index (χ0n) is 16.4. The Morgan fingerprint density at radius 3 is 2.10 bits per heavy atom. The second-order valence-corrected chi connectivity index (χ2v) is 5.97. The average Bonchev–Trinajstić information content (AvgIpc) is 2.69. The van der Waals surface area contributed by atoms with Gasteiger partial charge in [-0.05, 0) is 43.2 Å². The van der Waals surface area contributed by atoms with E-state index in [4.69, 9.17) is 4.79 Å². The van der Waals surface area contributed by atoms with Crippen LogP contribution in [0.4, 0.5) is 0 Å². The number of aromatic hydroxyl groups is 1. The van der Waals surface area contributed by atoms with Crippen molar-refractivity contribution in [2.75, 3.05) is 7.11 Å². The SMILES string of the molecule is CC(CCc1ccc(O[C-]=O)cc1)NC(=O)Cc1ccc(O)cc1.CO[C-]=O.[Y]. The molecule has 0 aliphatic rings. The molecule has 0 saturated heterocycles. The van der Waals surface area contributed by atoms with E-state index in [9.17, 15) is 14.7 Å². The molecular weight excluding hydrogens is 451 g/mol. The van der Waals surface area contributed by atoms with Gasteiger partial charge in [0.1, 0.15) is 5.75 Å². The van der Waals surface area contributed by atoms with Gasteiger partial charge in [-0.25, -0.2) is 0 Å². The van der Waals surface area contributed by atoms with Gasteiger partial charge >= 0.3 is 0 Å². The molecule has 2 N–H and O–H groups in total. The minimum Gasteiger partial charge on any atom is -0.655 e. The number of rotatable bonds is 9. The van der Waals surface area contributed by atoms with Gasteiger partial charge in [0.2, 0.25) is 5.91 Å². The third kappa shape index (κ3) is 12.0. The van der Waals surface area contributed by atoms with E-state index in [0.29, 0.717) is 12.2 Å². The zero-order valence-corrected chi connectivity index (χ0v) is 19.2. The van der Waals surface area contributed by atoms with Gasteiger partial charge in [0.25, 0.3) is 0 Å². The van der Waals surface area contributed by atoms with Crippen molar-refractivity contribution in [1.29, 1.82) is 0 Å². The Kier molecular flexibility index (Phi) is 14.4. The molecule has 1 amide bonds. The molecule has 0 aliphatic carbocycles. The summed E-state index contributed by atoms with van der Waals surface area (Å²) in [5.74, 6) is 0.609. The van der Waals surface area contributed by atoms with E-state index < -0.39 is 0 Å². The van der Waals surface area contributed by atoms with E-state index in [1.807, 2.05) is 19.1 Å². The number of carbonyl (C=O) groups is 1. The number of aryl methyl sites for hydroxylation is 1. The smallest absolute Gasteiger partial charge is 0.224 e. The number of hydrogen-bond donors (Lipinski definition) is 2. The number of carbonyl (C=O) groups excluding carboxylic acids is 3. The summed E-state index contributed by atoms with van der Waals surface area (Å²) in [4.78, 5) is 31.0. The molecule has 1 atom stereocenters. The van der Waals surface area contributed by atoms with Crippen LogP contribution in [0.5, 0.6) is 11.5 Å². The van der Waals surface area contributed by atoms with Gasteiger partial charge in [-0.15, -0.1) is 12.1 Å². The van der Waals surface area contributed by atoms with Gasteiger partial charge in [-0.3, -0.25) is 4.79 Å². The van der Waals surface area contributed by atoms with Gasteiger partial charge in [0.05, 0.1) is 6.42 Å². The molecule has 1 radical (unpaired) electrons. The Hall–Kier alpha value is -2.25. The summed E-state index contributed by atoms with van der Waals surface area (Å²) in [5.41, 5.74) is 1.97. The molecule has 2 aromatic rings. The molecule has 153 valence electrons. The van der Waals surface area contributed by atoms with Crippen molar-refractivity contribution in [2.45, 2.75) is 32.2 Å². The fourth-order valence-electron chi connectivity index (χ4n) is 2.35. The van der Waals surface area contributed by atoms with Crippen molar-refractivity contribution in [3.63, 3.8) is 0 Å². The fourth-order valence-corrected chi connectivity index (χ4v) is 2.35. The summed E-state index contributed by atoms with van der Waals surface area (Å²) in [5, 5.41) is 12.2. The van der Waals surface area contributed by atoms with Crippen LogP contribution in [0.25, 0.3) is 0 Å². The first kappa shape index (κ1) is 26.8. The number of phenols is 1. The van der Waals surface area contributed by atoms with E-state index in [2.05, 4.69) is 14.8 Å². The molecule has 7 nitrogen and oxygen atoms in total. The Balaban J connectivity index is 0.00000143. The predicted molar refractivity (Wildman–Crippen MR) is 103 cm³/mol. The average molecular weight is 474 g/mol. The van der Waals surface area contributed by atoms with Crippen LogP contribution in [0, 0.1) is 0 Å². The number of benzene rings is 2. The summed E-state index contributed by atoms with van der Waals surface area (Å²) >= 11 is 0. The summed E-state index contributed by atoms with van der Waals surface area (Å²) in [6.07, 6.45) is 1.91. The fraction of sp³-hybridized carbons (Fsp3) is 0.286. The molecule has 2 rings (SSSR count). The molecule has 1 unspecified atom stereocenters. The van der Waals surface area contributed by atoms with E-state index >= 15 is 0 Å². The maximum atomic E-state index is 12.0. The van der Waals surface area contributed by atoms with Crippen LogP contribution >= 0.6 is 0 Å². The maximum absolute atomic E-state index is 12.0. The molecule has 8 heteroatoms. The first-order valence-corrected chi connectivity index (χ1v) is 8.58. The molecular formula is C21H23NO6Y-2. The Labute approximate surface area is 195 Å². The largest absolute Gasteiger partial charge is 0.655 e. The molecule has 0 saturated carbocycles. The summed E-state index contributed by atoms with van der Waals surface area (Å²) in [6.45, 7) is 4.53. The number of ether oxygens (including phenoxy) is 2. The summed E-state index contributed by atoms with van der Waals surface area (Å²) < 4.78 is 8.36. The molecule has 0 fully saturated rings. The van der Waals surface area contributed by atoms with Crippen molar-refractivity contribution < 1.29 is 61.7 Å². The molecule has 0 spiro atoms. The first-order valence-electron chi connectivity index (χ1n) is 8.58. The van der Waals surface area contributed by atoms with Crippen LogP contribution in [0.1, 0.15) is 24.5 Å². The molecule has 0 heterocycles. The van der Waals surface area contributed by atoms with Crippen LogP contribution in [0.3, 0.4) is 0 Å². The second-order valence-electron chi connectivity index (χ2n) is 5.97. The van der Waals surface area contributed by atoms with E-state index in [-0.39, 0.29) is 50.4 Å². The van der Waals surface area contributed by atoms with Gasteiger partial charge in [0.15, 0.2) is 6.47 Å². The number of methoxy groups -OCH3 is 1. The molecule has 0 aliphatic heterocycles. The minimum atomic E-state index is -0.0431. The number of amides is 1. The molecule has 0 aromatic heterocycles. The Morgan fingerprint density at radius 2 is 1.59 bits per heavy atom. The first-order chi connectivity index (χ1) is 13.5. The Morgan fingerprint density at radius 1 is 1.03 bits per heavy atom. The number of nitrogens with one attached hydrogen (secondary N) is 1. The van der Waals surface area contributed by atoms with E-state index in [0.717, 1.165) is 24.0 Å². The minimum absolute atomic E-state index is 0. The standard InChI is InChI=1S/C19H20NO4.C2H3O2.Y/c1-14(2-3-15-6-10-18(11-7-15)24-13-21)20-19(23)12-16-4-8-17(22)9-5-16;1-4-2-3;/h4-11,14,22H,2-3,12H2,1H3,(H,20,23);1H3;/q2*-1;. The second kappa shape index (κ2) is 15.7. The summed E-state index contributed by atoms with van der Waals surface area (Å²) in [7, 11) is 1.26. The van der Waals surface area contributed by atoms with Crippen molar-refractivity contribution in [3.05, 3.63) is 59.7 Å². The van der Waals surface area contributed by atoms with Crippen LogP contribution in [0.2, 0.25) is 0 Å². The van der Waals surface area contributed by atoms with Gasteiger partial charge in [-0.2, -0.15) is 0 Å². The molecule has 29 heavy (non-hydrogen) atoms. The van der Waals surface area contributed by atoms with E-state index in [1.165, 1.54) is 20.1 Å². The van der Waals surface area contributed by atoms with Gasteiger partial charge in [-0.1, -0.05) is 36.3 Å². The van der Waals surface area contributed by atoms with Crippen LogP contribution in [-0.2, 0) is 64.7 Å². The van der Waals surface area contributed by atoms with Gasteiger partial charge < -0.3 is 29.5 Å². The van der Waals surface area contributed by atoms with Crippen LogP contribution in [0.15, 0.2) is 48.5 Å². The van der Waals surface area contributed by atoms with Crippen molar-refractivity contribution in [1.82, 2.24) is 5.32 Å². The van der Waals surface area contributed by atoms with Crippen molar-refractivity contribution >= 4 is 18.9 Å². The zero-order chi connectivity index (χ0) is 20.8. The van der Waals surface area contributed by atoms with E-state index in [1.54, 1.807) is 36.4 Å². The third-order valence-corrected chi connectivity index (χ3v) is 3.74. The van der Waals surface area contributed by atoms with Crippen LogP contribution in [-0.4, -0.2) is 37.1 Å². The number of hydrogen-bond acceptors (Lipinski definition) is 6. The summed E-state index contributed by atoms with van der Waals surface area (Å²) in [6, 6.07) is 13.9. The number of phenolic OH excluding ortho intramolecular Hbond substituents is 1. The molecule has 0 bridgehead atoms. The Bertz CT molecular complexity index is 734. The normalized spacial score (nSPS) is 10.3. The quantitative estimate of drug-likeness (QED) is 0.541. The van der Waals surface area contributed by atoms with Crippen molar-refractivity contribution in [2.24, 2.45) is 0 Å². The van der Waals surface area contributed by atoms with Crippen molar-refractivity contribution in [3.8, 4) is 11.5 Å².